The molecule has 7 heteroatoms. The molecule has 1 aromatic heterocycles. The normalized spacial score (nSPS) is 16.8. The minimum atomic E-state index is -4.47. The topological polar surface area (TPSA) is 28.6 Å². The Hall–Kier alpha value is -2.02. The fourth-order valence-corrected chi connectivity index (χ4v) is 2.77. The predicted molar refractivity (Wildman–Crippen MR) is 83.0 cm³/mol. The van der Waals surface area contributed by atoms with Gasteiger partial charge in [0.1, 0.15) is 11.4 Å². The molecule has 0 atom stereocenters. The van der Waals surface area contributed by atoms with Crippen molar-refractivity contribution < 1.29 is 17.9 Å². The zero-order valence-electron chi connectivity index (χ0n) is 13.0. The van der Waals surface area contributed by atoms with Gasteiger partial charge in [0.15, 0.2) is 0 Å². The number of hydrogen-bond donors (Lipinski definition) is 0. The van der Waals surface area contributed by atoms with Crippen molar-refractivity contribution in [2.45, 2.75) is 6.18 Å². The van der Waals surface area contributed by atoms with Gasteiger partial charge < -0.3 is 14.5 Å². The van der Waals surface area contributed by atoms with Crippen molar-refractivity contribution in [2.75, 3.05) is 45.2 Å². The lowest BCUT2D eigenvalue weighted by Gasteiger charge is -2.35. The summed E-state index contributed by atoms with van der Waals surface area (Å²) in [5.41, 5.74) is 0.0124. The van der Waals surface area contributed by atoms with Crippen molar-refractivity contribution in [1.82, 2.24) is 9.88 Å². The molecule has 0 saturated carbocycles. The second-order valence-corrected chi connectivity index (χ2v) is 5.70. The summed E-state index contributed by atoms with van der Waals surface area (Å²) in [4.78, 5) is 7.94. The Morgan fingerprint density at radius 3 is 2.39 bits per heavy atom. The van der Waals surface area contributed by atoms with Crippen LogP contribution in [-0.4, -0.2) is 50.2 Å². The predicted octanol–water partition coefficient (Wildman–Crippen LogP) is 3.01. The van der Waals surface area contributed by atoms with Crippen LogP contribution in [0.3, 0.4) is 0 Å². The Morgan fingerprint density at radius 1 is 1.09 bits per heavy atom. The molecule has 0 spiro atoms. The zero-order valence-corrected chi connectivity index (χ0v) is 13.0. The van der Waals surface area contributed by atoms with E-state index in [2.05, 4.69) is 9.88 Å². The van der Waals surface area contributed by atoms with Crippen molar-refractivity contribution in [1.29, 1.82) is 0 Å². The van der Waals surface area contributed by atoms with Crippen LogP contribution in [0, 0.1) is 0 Å². The molecule has 1 fully saturated rings. The van der Waals surface area contributed by atoms with Gasteiger partial charge in [-0.1, -0.05) is 0 Å². The third kappa shape index (κ3) is 3.19. The van der Waals surface area contributed by atoms with Crippen LogP contribution >= 0.6 is 0 Å². The third-order valence-corrected chi connectivity index (χ3v) is 4.13. The SMILES string of the molecule is COc1ccc2c(N3CCN(C)CC3)cc(C(F)(F)F)nc2c1. The average Bonchev–Trinajstić information content (AvgIpc) is 2.53. The number of benzene rings is 1. The van der Waals surface area contributed by atoms with E-state index in [-0.39, 0.29) is 0 Å². The third-order valence-electron chi connectivity index (χ3n) is 4.13. The minimum absolute atomic E-state index is 0.299. The van der Waals surface area contributed by atoms with Gasteiger partial charge in [-0.3, -0.25) is 0 Å². The first-order valence-electron chi connectivity index (χ1n) is 7.38. The Morgan fingerprint density at radius 2 is 1.78 bits per heavy atom. The maximum absolute atomic E-state index is 13.2. The number of alkyl halides is 3. The van der Waals surface area contributed by atoms with Gasteiger partial charge in [-0.25, -0.2) is 4.98 Å². The Balaban J connectivity index is 2.13. The summed E-state index contributed by atoms with van der Waals surface area (Å²) in [6, 6.07) is 6.22. The first-order chi connectivity index (χ1) is 10.9. The number of piperazine rings is 1. The summed E-state index contributed by atoms with van der Waals surface area (Å²) in [6.07, 6.45) is -4.47. The number of likely N-dealkylation sites (N-methyl/N-ethyl adjacent to an activating group) is 1. The van der Waals surface area contributed by atoms with E-state index in [0.29, 0.717) is 35.4 Å². The number of fused-ring (bicyclic) bond motifs is 1. The second-order valence-electron chi connectivity index (χ2n) is 5.70. The van der Waals surface area contributed by atoms with Crippen LogP contribution in [0.4, 0.5) is 18.9 Å². The van der Waals surface area contributed by atoms with E-state index in [0.717, 1.165) is 19.2 Å². The number of pyridine rings is 1. The standard InChI is InChI=1S/C16H18F3N3O/c1-21-5-7-22(8-6-21)14-10-15(16(17,18)19)20-13-9-11(23-2)3-4-12(13)14/h3-4,9-10H,5-8H2,1-2H3. The lowest BCUT2D eigenvalue weighted by molar-refractivity contribution is -0.140. The zero-order chi connectivity index (χ0) is 16.6. The summed E-state index contributed by atoms with van der Waals surface area (Å²) in [6.45, 7) is 3.03. The number of methoxy groups -OCH3 is 1. The molecule has 0 N–H and O–H groups in total. The number of aromatic nitrogens is 1. The highest BCUT2D eigenvalue weighted by Gasteiger charge is 2.34. The van der Waals surface area contributed by atoms with Crippen LogP contribution in [0.2, 0.25) is 0 Å². The smallest absolute Gasteiger partial charge is 0.433 e. The van der Waals surface area contributed by atoms with Crippen LogP contribution in [0.5, 0.6) is 5.75 Å². The molecule has 0 bridgehead atoms. The molecular formula is C16H18F3N3O. The molecule has 1 aliphatic heterocycles. The molecule has 0 amide bonds. The van der Waals surface area contributed by atoms with Gasteiger partial charge in [-0.2, -0.15) is 13.2 Å². The molecule has 4 nitrogen and oxygen atoms in total. The highest BCUT2D eigenvalue weighted by atomic mass is 19.4. The first-order valence-corrected chi connectivity index (χ1v) is 7.38. The molecule has 1 saturated heterocycles. The summed E-state index contributed by atoms with van der Waals surface area (Å²) in [5, 5.41) is 0.711. The van der Waals surface area contributed by atoms with Crippen LogP contribution in [-0.2, 0) is 6.18 Å². The highest BCUT2D eigenvalue weighted by molar-refractivity contribution is 5.93. The maximum Gasteiger partial charge on any atom is 0.433 e. The van der Waals surface area contributed by atoms with Gasteiger partial charge in [0.05, 0.1) is 12.6 Å². The Kier molecular flexibility index (Phi) is 4.06. The molecule has 0 aliphatic carbocycles. The van der Waals surface area contributed by atoms with Crippen LogP contribution < -0.4 is 9.64 Å². The lowest BCUT2D eigenvalue weighted by Crippen LogP contribution is -2.44. The molecule has 0 unspecified atom stereocenters. The quantitative estimate of drug-likeness (QED) is 0.849. The monoisotopic (exact) mass is 325 g/mol. The van der Waals surface area contributed by atoms with Crippen LogP contribution in [0.25, 0.3) is 10.9 Å². The fourth-order valence-electron chi connectivity index (χ4n) is 2.77. The molecule has 2 heterocycles. The van der Waals surface area contributed by atoms with Crippen molar-refractivity contribution in [3.8, 4) is 5.75 Å². The number of ether oxygens (including phenoxy) is 1. The number of rotatable bonds is 2. The minimum Gasteiger partial charge on any atom is -0.497 e. The highest BCUT2D eigenvalue weighted by Crippen LogP contribution is 2.36. The summed E-state index contributed by atoms with van der Waals surface area (Å²) in [7, 11) is 3.49. The Bertz CT molecular complexity index is 710. The molecule has 0 radical (unpaired) electrons. The van der Waals surface area contributed by atoms with Gasteiger partial charge in [0, 0.05) is 43.3 Å². The second kappa shape index (κ2) is 5.88. The van der Waals surface area contributed by atoms with Gasteiger partial charge in [0.25, 0.3) is 0 Å². The molecule has 124 valence electrons. The molecular weight excluding hydrogens is 307 g/mol. The average molecular weight is 325 g/mol. The van der Waals surface area contributed by atoms with E-state index in [1.54, 1.807) is 18.2 Å². The largest absolute Gasteiger partial charge is 0.497 e. The van der Waals surface area contributed by atoms with Gasteiger partial charge >= 0.3 is 6.18 Å². The summed E-state index contributed by atoms with van der Waals surface area (Å²) < 4.78 is 44.7. The van der Waals surface area contributed by atoms with E-state index in [1.807, 2.05) is 11.9 Å². The first kappa shape index (κ1) is 15.9. The number of hydrogen-bond acceptors (Lipinski definition) is 4. The summed E-state index contributed by atoms with van der Waals surface area (Å²) >= 11 is 0. The van der Waals surface area contributed by atoms with E-state index in [4.69, 9.17) is 4.74 Å². The van der Waals surface area contributed by atoms with Gasteiger partial charge in [-0.15, -0.1) is 0 Å². The molecule has 2 aromatic rings. The van der Waals surface area contributed by atoms with E-state index < -0.39 is 11.9 Å². The van der Waals surface area contributed by atoms with E-state index in [9.17, 15) is 13.2 Å². The van der Waals surface area contributed by atoms with Crippen molar-refractivity contribution in [3.63, 3.8) is 0 Å². The van der Waals surface area contributed by atoms with Crippen molar-refractivity contribution >= 4 is 16.6 Å². The van der Waals surface area contributed by atoms with E-state index in [1.165, 1.54) is 7.11 Å². The van der Waals surface area contributed by atoms with Crippen LogP contribution in [0.1, 0.15) is 5.69 Å². The number of halogens is 3. The van der Waals surface area contributed by atoms with Crippen LogP contribution in [0.15, 0.2) is 24.3 Å². The fraction of sp³-hybridized carbons (Fsp3) is 0.438. The number of nitrogens with zero attached hydrogens (tertiary/aromatic N) is 3. The van der Waals surface area contributed by atoms with Gasteiger partial charge in [-0.05, 0) is 25.2 Å². The lowest BCUT2D eigenvalue weighted by atomic mass is 10.1. The molecule has 3 rings (SSSR count). The summed E-state index contributed by atoms with van der Waals surface area (Å²) in [5.74, 6) is 0.494. The number of anilines is 1. The van der Waals surface area contributed by atoms with Crippen molar-refractivity contribution in [2.24, 2.45) is 0 Å². The van der Waals surface area contributed by atoms with E-state index >= 15 is 0 Å². The van der Waals surface area contributed by atoms with Crippen molar-refractivity contribution in [3.05, 3.63) is 30.0 Å². The Labute approximate surface area is 132 Å². The molecule has 1 aliphatic rings. The maximum atomic E-state index is 13.2. The molecule has 23 heavy (non-hydrogen) atoms. The van der Waals surface area contributed by atoms with Gasteiger partial charge in [0.2, 0.25) is 0 Å². The molecule has 1 aromatic carbocycles.